The zero-order chi connectivity index (χ0) is 34.5. The first kappa shape index (κ1) is 36.0. The van der Waals surface area contributed by atoms with E-state index < -0.39 is 47.7 Å². The van der Waals surface area contributed by atoms with Crippen LogP contribution in [0, 0.1) is 39.0 Å². The topological polar surface area (TPSA) is 105 Å². The number of aromatic nitrogens is 2. The third kappa shape index (κ3) is 8.85. The molecule has 2 atom stereocenters. The molecule has 0 radical (unpaired) electrons. The molecule has 2 N–H and O–H groups in total. The van der Waals surface area contributed by atoms with E-state index in [2.05, 4.69) is 16.2 Å². The van der Waals surface area contributed by atoms with E-state index in [0.29, 0.717) is 22.9 Å². The molecule has 0 unspecified atom stereocenters. The Morgan fingerprint density at radius 2 is 1.74 bits per heavy atom. The number of halogens is 3. The SMILES string of the molecule is C#Cc1ncc([C@@H](CC(=O)O)NC(=O)[C@@H](CC(C)C)n2cc(CCN(C)C)c(C(F)(F)F)cc2=O)cc1-c1c(C)cc(C)cc1C. The predicted octanol–water partition coefficient (Wildman–Crippen LogP) is 5.86. The fraction of sp³-hybridized carbons (Fsp3) is 0.429. The van der Waals surface area contributed by atoms with Gasteiger partial charge in [-0.15, -0.1) is 6.42 Å². The molecule has 246 valence electrons. The Balaban J connectivity index is 2.13. The van der Waals surface area contributed by atoms with Crippen molar-refractivity contribution in [2.75, 3.05) is 20.6 Å². The Kier molecular flexibility index (Phi) is 11.6. The van der Waals surface area contributed by atoms with E-state index in [-0.39, 0.29) is 30.9 Å². The molecular weight excluding hydrogens is 597 g/mol. The summed E-state index contributed by atoms with van der Waals surface area (Å²) in [7, 11) is 3.44. The number of nitrogens with one attached hydrogen (secondary N) is 1. The molecule has 2 aromatic heterocycles. The van der Waals surface area contributed by atoms with Gasteiger partial charge >= 0.3 is 12.1 Å². The Hall–Kier alpha value is -4.43. The van der Waals surface area contributed by atoms with Crippen LogP contribution in [0.5, 0.6) is 0 Å². The lowest BCUT2D eigenvalue weighted by molar-refractivity contribution is -0.139. The Labute approximate surface area is 267 Å². The lowest BCUT2D eigenvalue weighted by Crippen LogP contribution is -2.40. The van der Waals surface area contributed by atoms with Crippen LogP contribution in [0.1, 0.15) is 77.8 Å². The van der Waals surface area contributed by atoms with E-state index in [1.54, 1.807) is 25.1 Å². The van der Waals surface area contributed by atoms with Gasteiger partial charge in [-0.2, -0.15) is 13.2 Å². The van der Waals surface area contributed by atoms with Crippen molar-refractivity contribution in [3.63, 3.8) is 0 Å². The first-order valence-corrected chi connectivity index (χ1v) is 15.0. The summed E-state index contributed by atoms with van der Waals surface area (Å²) in [5.74, 6) is 0.541. The Morgan fingerprint density at radius 1 is 1.11 bits per heavy atom. The van der Waals surface area contributed by atoms with Crippen LogP contribution in [-0.4, -0.2) is 52.1 Å². The first-order chi connectivity index (χ1) is 21.4. The van der Waals surface area contributed by atoms with Gasteiger partial charge in [-0.3, -0.25) is 14.4 Å². The number of hydrogen-bond acceptors (Lipinski definition) is 5. The molecule has 0 spiro atoms. The smallest absolute Gasteiger partial charge is 0.416 e. The lowest BCUT2D eigenvalue weighted by Gasteiger charge is -2.26. The number of amides is 1. The van der Waals surface area contributed by atoms with Crippen molar-refractivity contribution in [2.24, 2.45) is 5.92 Å². The van der Waals surface area contributed by atoms with Crippen molar-refractivity contribution >= 4 is 11.9 Å². The number of terminal acetylenes is 1. The average Bonchev–Trinajstić information content (AvgIpc) is 2.93. The Bertz CT molecular complexity index is 1680. The first-order valence-electron chi connectivity index (χ1n) is 15.0. The summed E-state index contributed by atoms with van der Waals surface area (Å²) in [6.07, 6.45) is 3.13. The van der Waals surface area contributed by atoms with Crippen LogP contribution < -0.4 is 10.9 Å². The highest BCUT2D eigenvalue weighted by Crippen LogP contribution is 2.34. The van der Waals surface area contributed by atoms with Crippen LogP contribution in [-0.2, 0) is 22.2 Å². The number of alkyl halides is 3. The highest BCUT2D eigenvalue weighted by atomic mass is 19.4. The van der Waals surface area contributed by atoms with Crippen molar-refractivity contribution in [3.8, 4) is 23.5 Å². The van der Waals surface area contributed by atoms with E-state index in [1.165, 1.54) is 6.20 Å². The third-order valence-corrected chi connectivity index (χ3v) is 7.72. The minimum absolute atomic E-state index is 0.00635. The second-order valence-electron chi connectivity index (χ2n) is 12.4. The number of aliphatic carboxylic acids is 1. The number of pyridine rings is 2. The van der Waals surface area contributed by atoms with E-state index in [0.717, 1.165) is 33.0 Å². The van der Waals surface area contributed by atoms with Gasteiger partial charge in [0, 0.05) is 30.6 Å². The van der Waals surface area contributed by atoms with Crippen molar-refractivity contribution in [1.29, 1.82) is 0 Å². The minimum Gasteiger partial charge on any atom is -0.481 e. The maximum atomic E-state index is 13.9. The van der Waals surface area contributed by atoms with Crippen LogP contribution >= 0.6 is 0 Å². The zero-order valence-corrected chi connectivity index (χ0v) is 27.2. The minimum atomic E-state index is -4.76. The van der Waals surface area contributed by atoms with Gasteiger partial charge in [0.05, 0.1) is 18.0 Å². The standard InChI is InChI=1S/C35H41F3N4O4/c1-9-28-26(33-22(5)13-21(4)14-23(33)6)15-25(18-39-28)29(17-32(44)45)40-34(46)30(12-20(2)3)42-19-24(10-11-41(7)8)27(16-31(42)43)35(36,37)38/h1,13-16,18-20,29-30H,10-12,17H2,2-8H3,(H,40,46)(H,44,45)/t29-,30-/m1/s1. The number of nitrogens with zero attached hydrogens (tertiary/aromatic N) is 3. The van der Waals surface area contributed by atoms with Gasteiger partial charge in [0.2, 0.25) is 5.91 Å². The predicted molar refractivity (Wildman–Crippen MR) is 171 cm³/mol. The van der Waals surface area contributed by atoms with Gasteiger partial charge in [0.1, 0.15) is 11.7 Å². The van der Waals surface area contributed by atoms with Crippen LogP contribution in [0.15, 0.2) is 41.5 Å². The summed E-state index contributed by atoms with van der Waals surface area (Å²) in [6.45, 7) is 9.76. The summed E-state index contributed by atoms with van der Waals surface area (Å²) in [5.41, 5.74) is 2.95. The quantitative estimate of drug-likeness (QED) is 0.241. The molecule has 2 heterocycles. The van der Waals surface area contributed by atoms with E-state index in [1.807, 2.05) is 46.8 Å². The van der Waals surface area contributed by atoms with E-state index in [4.69, 9.17) is 6.42 Å². The van der Waals surface area contributed by atoms with Gasteiger partial charge in [-0.25, -0.2) is 4.98 Å². The molecule has 11 heteroatoms. The highest BCUT2D eigenvalue weighted by Gasteiger charge is 2.36. The molecule has 3 aromatic rings. The molecule has 1 amide bonds. The van der Waals surface area contributed by atoms with Crippen molar-refractivity contribution in [1.82, 2.24) is 19.8 Å². The van der Waals surface area contributed by atoms with Crippen LogP contribution in [0.25, 0.3) is 11.1 Å². The largest absolute Gasteiger partial charge is 0.481 e. The number of carboxylic acids is 1. The molecule has 0 aliphatic carbocycles. The van der Waals surface area contributed by atoms with Crippen molar-refractivity contribution < 1.29 is 27.9 Å². The average molecular weight is 639 g/mol. The summed E-state index contributed by atoms with van der Waals surface area (Å²) in [4.78, 5) is 45.2. The Morgan fingerprint density at radius 3 is 2.26 bits per heavy atom. The number of benzene rings is 1. The molecule has 46 heavy (non-hydrogen) atoms. The number of rotatable bonds is 12. The summed E-state index contributed by atoms with van der Waals surface area (Å²) in [5, 5.41) is 12.5. The molecule has 0 saturated heterocycles. The molecule has 8 nitrogen and oxygen atoms in total. The van der Waals surface area contributed by atoms with Gasteiger partial charge in [-0.1, -0.05) is 31.5 Å². The maximum absolute atomic E-state index is 13.9. The second-order valence-corrected chi connectivity index (χ2v) is 12.4. The normalized spacial score (nSPS) is 13.0. The second kappa shape index (κ2) is 14.8. The highest BCUT2D eigenvalue weighted by molar-refractivity contribution is 5.82. The maximum Gasteiger partial charge on any atom is 0.416 e. The van der Waals surface area contributed by atoms with Gasteiger partial charge in [-0.05, 0) is 93.4 Å². The van der Waals surface area contributed by atoms with Crippen molar-refractivity contribution in [3.05, 3.63) is 86.1 Å². The molecule has 0 aliphatic rings. The summed E-state index contributed by atoms with van der Waals surface area (Å²) < 4.78 is 42.7. The summed E-state index contributed by atoms with van der Waals surface area (Å²) in [6, 6.07) is 3.95. The molecule has 3 rings (SSSR count). The van der Waals surface area contributed by atoms with Crippen molar-refractivity contribution in [2.45, 2.75) is 72.1 Å². The monoisotopic (exact) mass is 638 g/mol. The van der Waals surface area contributed by atoms with Crippen LogP contribution in [0.3, 0.4) is 0 Å². The number of aryl methyl sites for hydroxylation is 3. The van der Waals surface area contributed by atoms with Gasteiger partial charge in [0.25, 0.3) is 5.56 Å². The molecule has 0 aliphatic heterocycles. The molecule has 1 aromatic carbocycles. The van der Waals surface area contributed by atoms with Crippen LogP contribution in [0.4, 0.5) is 13.2 Å². The number of carbonyl (C=O) groups excluding carboxylic acids is 1. The molecule has 0 saturated carbocycles. The summed E-state index contributed by atoms with van der Waals surface area (Å²) >= 11 is 0. The van der Waals surface area contributed by atoms with E-state index >= 15 is 0 Å². The molecule has 0 bridgehead atoms. The molecule has 0 fully saturated rings. The number of carboxylic acid groups (broad SMARTS) is 1. The van der Waals surface area contributed by atoms with Gasteiger partial charge < -0.3 is 19.9 Å². The fourth-order valence-electron chi connectivity index (χ4n) is 5.71. The zero-order valence-electron chi connectivity index (χ0n) is 27.2. The number of hydrogen-bond donors (Lipinski definition) is 2. The number of carbonyl (C=O) groups is 2. The lowest BCUT2D eigenvalue weighted by atomic mass is 9.91. The fourth-order valence-corrected chi connectivity index (χ4v) is 5.71. The molecular formula is C35H41F3N4O4. The van der Waals surface area contributed by atoms with Gasteiger partial charge in [0.15, 0.2) is 0 Å². The third-order valence-electron chi connectivity index (χ3n) is 7.72. The van der Waals surface area contributed by atoms with E-state index in [9.17, 15) is 32.7 Å². The van der Waals surface area contributed by atoms with Crippen LogP contribution in [0.2, 0.25) is 0 Å². The number of likely N-dealkylation sites (N-methyl/N-ethyl adjacent to an activating group) is 1.